The molecule has 0 aliphatic carbocycles. The van der Waals surface area contributed by atoms with E-state index in [-0.39, 0.29) is 0 Å². The maximum atomic E-state index is 4.39. The summed E-state index contributed by atoms with van der Waals surface area (Å²) < 4.78 is 0. The third-order valence-corrected chi connectivity index (χ3v) is 5.91. The molecular formula is C21H31N5S. The minimum Gasteiger partial charge on any atom is -0.352 e. The lowest BCUT2D eigenvalue weighted by Gasteiger charge is -2.31. The van der Waals surface area contributed by atoms with Crippen molar-refractivity contribution in [1.29, 1.82) is 0 Å². The Labute approximate surface area is 166 Å². The maximum absolute atomic E-state index is 4.39. The van der Waals surface area contributed by atoms with Crippen LogP contribution >= 0.6 is 11.3 Å². The third kappa shape index (κ3) is 6.04. The number of hydrogen-bond donors (Lipinski definition) is 2. The summed E-state index contributed by atoms with van der Waals surface area (Å²) in [5.74, 6) is 1.62. The molecule has 2 heterocycles. The van der Waals surface area contributed by atoms with Gasteiger partial charge in [-0.3, -0.25) is 9.89 Å². The van der Waals surface area contributed by atoms with Crippen LogP contribution in [0.15, 0.2) is 35.5 Å². The Bertz CT molecular complexity index is 755. The van der Waals surface area contributed by atoms with Crippen LogP contribution in [0.1, 0.15) is 40.8 Å². The standard InChI is InChI=1S/C21H31N5S/c1-16-7-6-10-26(14-16)15-19-9-5-4-8-18(19)12-24-21(22-3)25-13-20-23-11-17(2)27-20/h4-5,8-9,11,16H,6-7,10,12-15H2,1-3H3,(H2,22,24,25). The predicted octanol–water partition coefficient (Wildman–Crippen LogP) is 3.55. The largest absolute Gasteiger partial charge is 0.352 e. The average molecular weight is 386 g/mol. The molecule has 1 aromatic heterocycles. The smallest absolute Gasteiger partial charge is 0.191 e. The number of nitrogens with zero attached hydrogens (tertiary/aromatic N) is 3. The number of guanidine groups is 1. The molecule has 2 aromatic rings. The number of likely N-dealkylation sites (tertiary alicyclic amines) is 1. The van der Waals surface area contributed by atoms with Crippen molar-refractivity contribution >= 4 is 17.3 Å². The Morgan fingerprint density at radius 1 is 1.26 bits per heavy atom. The fraction of sp³-hybridized carbons (Fsp3) is 0.524. The van der Waals surface area contributed by atoms with Crippen molar-refractivity contribution in [1.82, 2.24) is 20.5 Å². The molecular weight excluding hydrogens is 354 g/mol. The highest BCUT2D eigenvalue weighted by Gasteiger charge is 2.17. The molecule has 1 saturated heterocycles. The quantitative estimate of drug-likeness (QED) is 0.590. The first-order valence-corrected chi connectivity index (χ1v) is 10.6. The highest BCUT2D eigenvalue weighted by atomic mass is 32.1. The van der Waals surface area contributed by atoms with E-state index in [0.29, 0.717) is 6.54 Å². The van der Waals surface area contributed by atoms with Crippen LogP contribution in [0.3, 0.4) is 0 Å². The van der Waals surface area contributed by atoms with Crippen LogP contribution in [0.25, 0.3) is 0 Å². The van der Waals surface area contributed by atoms with Gasteiger partial charge in [-0.25, -0.2) is 4.98 Å². The Morgan fingerprint density at radius 2 is 2.04 bits per heavy atom. The molecule has 0 saturated carbocycles. The van der Waals surface area contributed by atoms with Crippen LogP contribution in [0.4, 0.5) is 0 Å². The highest BCUT2D eigenvalue weighted by molar-refractivity contribution is 7.11. The number of aliphatic imine (C=N–C) groups is 1. The lowest BCUT2D eigenvalue weighted by Crippen LogP contribution is -2.37. The van der Waals surface area contributed by atoms with Gasteiger partial charge in [0.1, 0.15) is 5.01 Å². The van der Waals surface area contributed by atoms with Gasteiger partial charge in [0.25, 0.3) is 0 Å². The van der Waals surface area contributed by atoms with E-state index in [4.69, 9.17) is 0 Å². The van der Waals surface area contributed by atoms with Crippen molar-refractivity contribution in [3.8, 4) is 0 Å². The summed E-state index contributed by atoms with van der Waals surface area (Å²) >= 11 is 1.71. The Balaban J connectivity index is 1.55. The van der Waals surface area contributed by atoms with Gasteiger partial charge in [0.2, 0.25) is 0 Å². The summed E-state index contributed by atoms with van der Waals surface area (Å²) in [6.07, 6.45) is 4.59. The zero-order valence-electron chi connectivity index (χ0n) is 16.7. The lowest BCUT2D eigenvalue weighted by molar-refractivity contribution is 0.176. The molecule has 1 aromatic carbocycles. The summed E-state index contributed by atoms with van der Waals surface area (Å²) in [7, 11) is 1.81. The molecule has 1 atom stereocenters. The van der Waals surface area contributed by atoms with Crippen molar-refractivity contribution in [3.05, 3.63) is 51.5 Å². The molecule has 3 rings (SSSR count). The van der Waals surface area contributed by atoms with Gasteiger partial charge < -0.3 is 10.6 Å². The molecule has 146 valence electrons. The number of aromatic nitrogens is 1. The monoisotopic (exact) mass is 385 g/mol. The van der Waals surface area contributed by atoms with E-state index in [1.54, 1.807) is 11.3 Å². The number of nitrogens with one attached hydrogen (secondary N) is 2. The van der Waals surface area contributed by atoms with E-state index in [1.807, 2.05) is 13.2 Å². The number of benzene rings is 1. The van der Waals surface area contributed by atoms with Crippen LogP contribution in [0, 0.1) is 12.8 Å². The zero-order chi connectivity index (χ0) is 19.1. The van der Waals surface area contributed by atoms with Crippen LogP contribution < -0.4 is 10.6 Å². The van der Waals surface area contributed by atoms with E-state index in [2.05, 4.69) is 63.6 Å². The molecule has 5 nitrogen and oxygen atoms in total. The summed E-state index contributed by atoms with van der Waals surface area (Å²) in [6.45, 7) is 9.36. The third-order valence-electron chi connectivity index (χ3n) is 5.00. The van der Waals surface area contributed by atoms with Gasteiger partial charge in [-0.1, -0.05) is 31.2 Å². The fourth-order valence-electron chi connectivity index (χ4n) is 3.60. The first-order valence-electron chi connectivity index (χ1n) is 9.79. The normalized spacial score (nSPS) is 18.5. The predicted molar refractivity (Wildman–Crippen MR) is 114 cm³/mol. The summed E-state index contributed by atoms with van der Waals surface area (Å²) in [6, 6.07) is 8.73. The highest BCUT2D eigenvalue weighted by Crippen LogP contribution is 2.19. The van der Waals surface area contributed by atoms with Crippen molar-refractivity contribution in [3.63, 3.8) is 0 Å². The van der Waals surface area contributed by atoms with E-state index in [0.717, 1.165) is 30.0 Å². The van der Waals surface area contributed by atoms with Crippen LogP contribution in [0.5, 0.6) is 0 Å². The molecule has 6 heteroatoms. The molecule has 1 aliphatic heterocycles. The summed E-state index contributed by atoms with van der Waals surface area (Å²) in [5.41, 5.74) is 2.74. The van der Waals surface area contributed by atoms with E-state index in [9.17, 15) is 0 Å². The molecule has 1 fully saturated rings. The van der Waals surface area contributed by atoms with Crippen molar-refractivity contribution in [2.24, 2.45) is 10.9 Å². The number of hydrogen-bond acceptors (Lipinski definition) is 4. The number of rotatable bonds is 6. The van der Waals surface area contributed by atoms with Gasteiger partial charge in [0.05, 0.1) is 6.54 Å². The van der Waals surface area contributed by atoms with Crippen molar-refractivity contribution in [2.75, 3.05) is 20.1 Å². The van der Waals surface area contributed by atoms with Gasteiger partial charge >= 0.3 is 0 Å². The van der Waals surface area contributed by atoms with E-state index < -0.39 is 0 Å². The van der Waals surface area contributed by atoms with Crippen molar-refractivity contribution < 1.29 is 0 Å². The van der Waals surface area contributed by atoms with Crippen LogP contribution in [-0.4, -0.2) is 36.0 Å². The van der Waals surface area contributed by atoms with Gasteiger partial charge in [0.15, 0.2) is 5.96 Å². The van der Waals surface area contributed by atoms with Gasteiger partial charge in [-0.05, 0) is 43.4 Å². The minimum absolute atomic E-state index is 0.700. The lowest BCUT2D eigenvalue weighted by atomic mass is 9.99. The van der Waals surface area contributed by atoms with Crippen molar-refractivity contribution in [2.45, 2.75) is 46.3 Å². The summed E-state index contributed by atoms with van der Waals surface area (Å²) in [4.78, 5) is 12.6. The maximum Gasteiger partial charge on any atom is 0.191 e. The Morgan fingerprint density at radius 3 is 2.74 bits per heavy atom. The first kappa shape index (κ1) is 19.8. The second-order valence-electron chi connectivity index (χ2n) is 7.40. The van der Waals surface area contributed by atoms with Gasteiger partial charge in [-0.2, -0.15) is 0 Å². The number of thiazole rings is 1. The second-order valence-corrected chi connectivity index (χ2v) is 8.71. The van der Waals surface area contributed by atoms with E-state index >= 15 is 0 Å². The molecule has 1 unspecified atom stereocenters. The Hall–Kier alpha value is -1.92. The van der Waals surface area contributed by atoms with E-state index in [1.165, 1.54) is 41.9 Å². The van der Waals surface area contributed by atoms with Gasteiger partial charge in [0, 0.05) is 37.8 Å². The van der Waals surface area contributed by atoms with Crippen LogP contribution in [-0.2, 0) is 19.6 Å². The first-order chi connectivity index (χ1) is 13.1. The fourth-order valence-corrected chi connectivity index (χ4v) is 4.32. The number of aryl methyl sites for hydroxylation is 1. The van der Waals surface area contributed by atoms with Crippen LogP contribution in [0.2, 0.25) is 0 Å². The molecule has 0 radical (unpaired) electrons. The summed E-state index contributed by atoms with van der Waals surface area (Å²) in [5, 5.41) is 7.88. The molecule has 1 aliphatic rings. The average Bonchev–Trinajstić information content (AvgIpc) is 3.08. The Kier molecular flexibility index (Phi) is 7.24. The number of piperidine rings is 1. The molecule has 0 amide bonds. The molecule has 0 bridgehead atoms. The minimum atomic E-state index is 0.700. The molecule has 2 N–H and O–H groups in total. The van der Waals surface area contributed by atoms with Gasteiger partial charge in [-0.15, -0.1) is 11.3 Å². The molecule has 27 heavy (non-hydrogen) atoms. The zero-order valence-corrected chi connectivity index (χ0v) is 17.5. The second kappa shape index (κ2) is 9.85. The SMILES string of the molecule is CN=C(NCc1ncc(C)s1)NCc1ccccc1CN1CCCC(C)C1. The molecule has 0 spiro atoms. The topological polar surface area (TPSA) is 52.6 Å².